The van der Waals surface area contributed by atoms with Crippen LogP contribution in [0.15, 0.2) is 77.2 Å². The van der Waals surface area contributed by atoms with Crippen molar-refractivity contribution in [3.63, 3.8) is 0 Å². The van der Waals surface area contributed by atoms with E-state index >= 15 is 0 Å². The van der Waals surface area contributed by atoms with Crippen molar-refractivity contribution in [1.29, 1.82) is 0 Å². The van der Waals surface area contributed by atoms with Gasteiger partial charge in [0.05, 0.1) is 11.0 Å². The Morgan fingerprint density at radius 1 is 0.897 bits per heavy atom. The Hall–Kier alpha value is -4.13. The Morgan fingerprint density at radius 3 is 2.45 bits per heavy atom. The molecular formula is C22H17N5O2. The predicted octanol–water partition coefficient (Wildman–Crippen LogP) is 4.44. The summed E-state index contributed by atoms with van der Waals surface area (Å²) in [5.74, 6) is 1.96. The van der Waals surface area contributed by atoms with Crippen LogP contribution in [0.25, 0.3) is 33.9 Å². The number of imidazole rings is 1. The fourth-order valence-electron chi connectivity index (χ4n) is 3.08. The fraction of sp³-hybridized carbons (Fsp3) is 0.0455. The maximum atomic E-state index is 5.84. The maximum Gasteiger partial charge on any atom is 0.313 e. The summed E-state index contributed by atoms with van der Waals surface area (Å²) in [6.07, 6.45) is 0. The molecule has 5 aromatic rings. The minimum Gasteiger partial charge on any atom is -0.489 e. The molecule has 29 heavy (non-hydrogen) atoms. The summed E-state index contributed by atoms with van der Waals surface area (Å²) in [6, 6.07) is 23.7. The van der Waals surface area contributed by atoms with Crippen molar-refractivity contribution in [2.75, 3.05) is 5.73 Å². The molecule has 5 rings (SSSR count). The van der Waals surface area contributed by atoms with E-state index in [-0.39, 0.29) is 6.01 Å². The third kappa shape index (κ3) is 3.53. The highest BCUT2D eigenvalue weighted by Gasteiger charge is 2.10. The number of nitrogens with two attached hydrogens (primary N) is 1. The molecule has 7 nitrogen and oxygen atoms in total. The van der Waals surface area contributed by atoms with Gasteiger partial charge in [-0.25, -0.2) is 4.98 Å². The van der Waals surface area contributed by atoms with Crippen molar-refractivity contribution in [1.82, 2.24) is 20.2 Å². The molecule has 0 radical (unpaired) electrons. The van der Waals surface area contributed by atoms with Crippen molar-refractivity contribution < 1.29 is 9.15 Å². The Kier molecular flexibility index (Phi) is 4.18. The molecule has 0 saturated carbocycles. The molecule has 0 spiro atoms. The van der Waals surface area contributed by atoms with E-state index in [4.69, 9.17) is 14.9 Å². The van der Waals surface area contributed by atoms with Gasteiger partial charge in [0.2, 0.25) is 5.89 Å². The molecule has 2 aromatic heterocycles. The second-order valence-electron chi connectivity index (χ2n) is 6.56. The summed E-state index contributed by atoms with van der Waals surface area (Å²) in [5.41, 5.74) is 10.1. The third-order valence-electron chi connectivity index (χ3n) is 4.55. The van der Waals surface area contributed by atoms with Gasteiger partial charge in [0.1, 0.15) is 18.2 Å². The number of ether oxygens (including phenoxy) is 1. The summed E-state index contributed by atoms with van der Waals surface area (Å²) in [6.45, 7) is 0.536. The number of fused-ring (bicyclic) bond motifs is 1. The second kappa shape index (κ2) is 7.12. The third-order valence-corrected chi connectivity index (χ3v) is 4.55. The van der Waals surface area contributed by atoms with Gasteiger partial charge in [-0.15, -0.1) is 5.10 Å². The Morgan fingerprint density at radius 2 is 1.69 bits per heavy atom. The van der Waals surface area contributed by atoms with Crippen molar-refractivity contribution in [2.45, 2.75) is 6.61 Å². The van der Waals surface area contributed by atoms with Crippen LogP contribution in [0.3, 0.4) is 0 Å². The van der Waals surface area contributed by atoms with Gasteiger partial charge in [0.25, 0.3) is 0 Å². The van der Waals surface area contributed by atoms with E-state index in [1.165, 1.54) is 0 Å². The predicted molar refractivity (Wildman–Crippen MR) is 110 cm³/mol. The van der Waals surface area contributed by atoms with Crippen molar-refractivity contribution in [3.05, 3.63) is 78.4 Å². The first-order chi connectivity index (χ1) is 14.2. The number of hydrogen-bond donors (Lipinski definition) is 2. The lowest BCUT2D eigenvalue weighted by Crippen LogP contribution is -1.94. The Labute approximate surface area is 166 Å². The average Bonchev–Trinajstić information content (AvgIpc) is 3.39. The van der Waals surface area contributed by atoms with Crippen molar-refractivity contribution >= 4 is 17.0 Å². The fourth-order valence-corrected chi connectivity index (χ4v) is 3.08. The molecule has 0 fully saturated rings. The van der Waals surface area contributed by atoms with E-state index in [9.17, 15) is 0 Å². The van der Waals surface area contributed by atoms with Gasteiger partial charge < -0.3 is 19.9 Å². The lowest BCUT2D eigenvalue weighted by Gasteiger charge is -2.06. The number of nitrogen functional groups attached to an aromatic ring is 1. The number of anilines is 1. The van der Waals surface area contributed by atoms with E-state index in [1.807, 2.05) is 72.8 Å². The van der Waals surface area contributed by atoms with Crippen LogP contribution in [0.5, 0.6) is 5.75 Å². The van der Waals surface area contributed by atoms with E-state index in [1.54, 1.807) is 0 Å². The van der Waals surface area contributed by atoms with Crippen molar-refractivity contribution in [2.24, 2.45) is 0 Å². The molecule has 0 saturated heterocycles. The highest BCUT2D eigenvalue weighted by molar-refractivity contribution is 5.83. The highest BCUT2D eigenvalue weighted by Crippen LogP contribution is 2.27. The number of benzene rings is 3. The quantitative estimate of drug-likeness (QED) is 0.465. The van der Waals surface area contributed by atoms with Gasteiger partial charge >= 0.3 is 6.01 Å². The van der Waals surface area contributed by atoms with E-state index < -0.39 is 0 Å². The van der Waals surface area contributed by atoms with Crippen LogP contribution >= 0.6 is 0 Å². The number of aromatic nitrogens is 4. The smallest absolute Gasteiger partial charge is 0.313 e. The molecule has 0 aliphatic rings. The molecule has 0 aliphatic carbocycles. The Bertz CT molecular complexity index is 1260. The number of nitrogens with zero attached hydrogens (tertiary/aromatic N) is 3. The van der Waals surface area contributed by atoms with Crippen LogP contribution in [0.4, 0.5) is 6.01 Å². The molecule has 0 atom stereocenters. The number of aromatic amines is 1. The molecule has 142 valence electrons. The molecule has 3 N–H and O–H groups in total. The lowest BCUT2D eigenvalue weighted by atomic mass is 10.2. The van der Waals surface area contributed by atoms with Gasteiger partial charge in [0.15, 0.2) is 0 Å². The standard InChI is InChI=1S/C22H17N5O2/c23-22-27-26-21(29-22)16-8-11-18-19(12-16)25-20(24-18)15-6-9-17(10-7-15)28-13-14-4-2-1-3-5-14/h1-12H,13H2,(H2,23,27)(H,24,25). The first kappa shape index (κ1) is 17.0. The minimum atomic E-state index is 0.0416. The molecule has 0 amide bonds. The summed E-state index contributed by atoms with van der Waals surface area (Å²) < 4.78 is 11.1. The minimum absolute atomic E-state index is 0.0416. The van der Waals surface area contributed by atoms with Crippen LogP contribution in [-0.2, 0) is 6.61 Å². The molecule has 7 heteroatoms. The van der Waals surface area contributed by atoms with Gasteiger partial charge in [-0.1, -0.05) is 35.4 Å². The van der Waals surface area contributed by atoms with Gasteiger partial charge in [-0.3, -0.25) is 0 Å². The van der Waals surface area contributed by atoms with Gasteiger partial charge in [-0.05, 0) is 48.0 Å². The average molecular weight is 383 g/mol. The topological polar surface area (TPSA) is 103 Å². The van der Waals surface area contributed by atoms with E-state index in [0.717, 1.165) is 39.3 Å². The van der Waals surface area contributed by atoms with Crippen LogP contribution in [-0.4, -0.2) is 20.2 Å². The first-order valence-electron chi connectivity index (χ1n) is 9.11. The van der Waals surface area contributed by atoms with E-state index in [0.29, 0.717) is 12.5 Å². The monoisotopic (exact) mass is 383 g/mol. The van der Waals surface area contributed by atoms with Crippen LogP contribution in [0.1, 0.15) is 5.56 Å². The lowest BCUT2D eigenvalue weighted by molar-refractivity contribution is 0.306. The van der Waals surface area contributed by atoms with E-state index in [2.05, 4.69) is 20.2 Å². The zero-order chi connectivity index (χ0) is 19.6. The first-order valence-corrected chi connectivity index (χ1v) is 9.11. The molecule has 0 bridgehead atoms. The summed E-state index contributed by atoms with van der Waals surface area (Å²) in [4.78, 5) is 7.99. The zero-order valence-electron chi connectivity index (χ0n) is 15.4. The largest absolute Gasteiger partial charge is 0.489 e. The number of hydrogen-bond acceptors (Lipinski definition) is 6. The van der Waals surface area contributed by atoms with Gasteiger partial charge in [-0.2, -0.15) is 0 Å². The molecule has 2 heterocycles. The second-order valence-corrected chi connectivity index (χ2v) is 6.56. The summed E-state index contributed by atoms with van der Waals surface area (Å²) in [7, 11) is 0. The zero-order valence-corrected chi connectivity index (χ0v) is 15.4. The molecule has 0 unspecified atom stereocenters. The highest BCUT2D eigenvalue weighted by atomic mass is 16.5. The number of H-pyrrole nitrogens is 1. The molecular weight excluding hydrogens is 366 g/mol. The molecule has 3 aromatic carbocycles. The summed E-state index contributed by atoms with van der Waals surface area (Å²) >= 11 is 0. The van der Waals surface area contributed by atoms with Crippen LogP contribution in [0.2, 0.25) is 0 Å². The van der Waals surface area contributed by atoms with Crippen LogP contribution < -0.4 is 10.5 Å². The number of rotatable bonds is 5. The van der Waals surface area contributed by atoms with Crippen molar-refractivity contribution in [3.8, 4) is 28.6 Å². The Balaban J connectivity index is 1.36. The number of nitrogens with one attached hydrogen (secondary N) is 1. The normalized spacial score (nSPS) is 11.0. The van der Waals surface area contributed by atoms with Crippen LogP contribution in [0, 0.1) is 0 Å². The SMILES string of the molecule is Nc1nnc(-c2ccc3nc(-c4ccc(OCc5ccccc5)cc4)[nH]c3c2)o1. The summed E-state index contributed by atoms with van der Waals surface area (Å²) in [5, 5.41) is 7.61. The van der Waals surface area contributed by atoms with Gasteiger partial charge in [0, 0.05) is 11.1 Å². The maximum absolute atomic E-state index is 5.84. The molecule has 0 aliphatic heterocycles.